The van der Waals surface area contributed by atoms with Crippen LogP contribution in [0.1, 0.15) is 106 Å². The van der Waals surface area contributed by atoms with E-state index in [1.807, 2.05) is 0 Å². The molecule has 18 N–H and O–H groups in total. The molecule has 0 unspecified atom stereocenters. The molecule has 11 bridgehead atoms. The quantitative estimate of drug-likeness (QED) is 0.0891. The number of aliphatic hydroxyl groups is 6. The number of carboxylic acid groups (broad SMARTS) is 1. The molecule has 6 aliphatic rings. The number of nitrogens with two attached hydrogens (primary N) is 1. The fourth-order valence-corrected chi connectivity index (χ4v) is 11.7. The number of phenols is 3. The molecule has 1 fully saturated rings. The zero-order valence-corrected chi connectivity index (χ0v) is 54.3. The number of fused-ring (bicyclic) bond motifs is 15. The van der Waals surface area contributed by atoms with Crippen LogP contribution in [0.5, 0.6) is 46.0 Å². The molecule has 8 amide bonds. The number of benzene rings is 5. The van der Waals surface area contributed by atoms with Crippen molar-refractivity contribution in [3.8, 4) is 57.1 Å². The van der Waals surface area contributed by atoms with Crippen LogP contribution >= 0.6 is 23.2 Å². The molecule has 0 aromatic heterocycles. The van der Waals surface area contributed by atoms with Gasteiger partial charge in [-0.15, -0.1) is 0 Å². The molecule has 14 atom stereocenters. The number of rotatable bonds is 11. The summed E-state index contributed by atoms with van der Waals surface area (Å²) in [6, 6.07) is -1.74. The maximum Gasteiger partial charge on any atom is 0.410 e. The number of likely N-dealkylation sites (N-methyl/N-ethyl adjacent to an activating group) is 1. The molecule has 5 aromatic carbocycles. The molecule has 98 heavy (non-hydrogen) atoms. The van der Waals surface area contributed by atoms with Crippen molar-refractivity contribution in [1.82, 2.24) is 36.8 Å². The molecule has 1 saturated heterocycles. The molecule has 0 aliphatic carbocycles. The van der Waals surface area contributed by atoms with Gasteiger partial charge in [0.15, 0.2) is 17.5 Å². The minimum Gasteiger partial charge on any atom is -0.508 e. The van der Waals surface area contributed by atoms with Crippen LogP contribution in [0.25, 0.3) is 11.1 Å². The lowest BCUT2D eigenvalue weighted by Gasteiger charge is -2.39. The van der Waals surface area contributed by atoms with Crippen molar-refractivity contribution in [2.45, 2.75) is 138 Å². The van der Waals surface area contributed by atoms with Crippen LogP contribution in [-0.4, -0.2) is 184 Å². The van der Waals surface area contributed by atoms with Gasteiger partial charge in [-0.25, -0.2) is 9.59 Å². The van der Waals surface area contributed by atoms with Crippen LogP contribution in [0.2, 0.25) is 10.0 Å². The number of halogens is 2. The van der Waals surface area contributed by atoms with Crippen LogP contribution in [0.15, 0.2) is 78.9 Å². The second-order valence-electron chi connectivity index (χ2n) is 24.9. The normalized spacial score (nSPS) is 25.3. The SMILES string of the molecule is CC(C)C[C@H](C(=O)N[C@H]1C(=O)N[C@@H](CC(N)=O)C(=O)N[C@H]2C(=O)N[C@H]3C(=O)N[C@H](C(=O)N[C@H](C(=O)O)c4cc(O)cc(O)c4-c4cc3ccc4O)[C@H](O)c3ccc(c(Cl)c3)Oc3cc2cc(c3O[C@@H]2O[C@H](CO)[C@@H](O)[C@H](O)[C@H]2O)Oc2ccc(cc2Cl)[C@H]1O)N(C)C(=O)OC(C)(C)C. The number of carboxylic acids is 1. The third-order valence-electron chi connectivity index (χ3n) is 16.2. The number of carbonyl (C=O) groups excluding carboxylic acids is 8. The average Bonchev–Trinajstić information content (AvgIpc) is 0.770. The molecule has 6 heterocycles. The second kappa shape index (κ2) is 29.1. The first-order chi connectivity index (χ1) is 46.0. The summed E-state index contributed by atoms with van der Waals surface area (Å²) < 4.78 is 30.4. The van der Waals surface area contributed by atoms with Gasteiger partial charge in [0.05, 0.1) is 23.1 Å². The van der Waals surface area contributed by atoms with E-state index in [-0.39, 0.29) is 34.8 Å². The van der Waals surface area contributed by atoms with Gasteiger partial charge in [-0.05, 0) is 110 Å². The maximum absolute atomic E-state index is 15.9. The number of nitrogens with zero attached hydrogens (tertiary/aromatic N) is 1. The number of amides is 8. The summed E-state index contributed by atoms with van der Waals surface area (Å²) in [5.74, 6) is -16.8. The number of carbonyl (C=O) groups is 9. The Morgan fingerprint density at radius 1 is 0.673 bits per heavy atom. The predicted molar refractivity (Wildman–Crippen MR) is 338 cm³/mol. The highest BCUT2D eigenvalue weighted by molar-refractivity contribution is 6.32. The molecular weight excluding hydrogens is 1340 g/mol. The van der Waals surface area contributed by atoms with Gasteiger partial charge >= 0.3 is 12.1 Å². The molecule has 0 spiro atoms. The van der Waals surface area contributed by atoms with Crippen LogP contribution in [0.4, 0.5) is 4.79 Å². The third kappa shape index (κ3) is 15.6. The van der Waals surface area contributed by atoms with Crippen LogP contribution < -0.4 is 51.8 Å². The zero-order chi connectivity index (χ0) is 71.8. The Morgan fingerprint density at radius 3 is 1.83 bits per heavy atom. The van der Waals surface area contributed by atoms with Crippen molar-refractivity contribution in [2.24, 2.45) is 11.7 Å². The number of primary amides is 1. The number of aliphatic hydroxyl groups excluding tert-OH is 6. The summed E-state index contributed by atoms with van der Waals surface area (Å²) in [6.07, 6.45) is -16.5. The van der Waals surface area contributed by atoms with Crippen molar-refractivity contribution in [1.29, 1.82) is 0 Å². The van der Waals surface area contributed by atoms with Crippen LogP contribution in [0, 0.1) is 5.92 Å². The molecular formula is C64H70Cl2N8O24. The molecule has 6 aliphatic heterocycles. The minimum atomic E-state index is -2.36. The van der Waals surface area contributed by atoms with Gasteiger partial charge < -0.3 is 112 Å². The van der Waals surface area contributed by atoms with Crippen molar-refractivity contribution in [2.75, 3.05) is 13.7 Å². The Balaban J connectivity index is 1.30. The molecule has 524 valence electrons. The van der Waals surface area contributed by atoms with E-state index in [2.05, 4.69) is 31.9 Å². The lowest BCUT2D eigenvalue weighted by atomic mass is 9.89. The van der Waals surface area contributed by atoms with E-state index in [0.29, 0.717) is 0 Å². The van der Waals surface area contributed by atoms with E-state index < -0.39 is 230 Å². The van der Waals surface area contributed by atoms with Crippen LogP contribution in [-0.2, 0) is 47.8 Å². The summed E-state index contributed by atoms with van der Waals surface area (Å²) >= 11 is 13.9. The molecule has 5 aromatic rings. The number of ether oxygens (including phenoxy) is 5. The number of hydrogen-bond donors (Lipinski definition) is 17. The molecule has 0 saturated carbocycles. The van der Waals surface area contributed by atoms with E-state index in [0.717, 1.165) is 83.8 Å². The van der Waals surface area contributed by atoms with E-state index in [1.165, 1.54) is 7.05 Å². The first-order valence-corrected chi connectivity index (χ1v) is 30.9. The number of phenolic OH excluding ortho intramolecular Hbond substituents is 3. The van der Waals surface area contributed by atoms with Crippen molar-refractivity contribution < 1.29 is 118 Å². The Morgan fingerprint density at radius 2 is 1.26 bits per heavy atom. The van der Waals surface area contributed by atoms with E-state index >= 15 is 14.4 Å². The summed E-state index contributed by atoms with van der Waals surface area (Å²) in [7, 11) is 1.26. The summed E-state index contributed by atoms with van der Waals surface area (Å²) in [6.45, 7) is 7.23. The van der Waals surface area contributed by atoms with Gasteiger partial charge in [0, 0.05) is 29.8 Å². The average molecular weight is 1410 g/mol. The van der Waals surface area contributed by atoms with Crippen molar-refractivity contribution >= 4 is 76.6 Å². The fourth-order valence-electron chi connectivity index (χ4n) is 11.2. The zero-order valence-electron chi connectivity index (χ0n) is 52.8. The third-order valence-corrected chi connectivity index (χ3v) is 16.8. The second-order valence-corrected chi connectivity index (χ2v) is 25.8. The Labute approximate surface area is 566 Å². The number of nitrogens with one attached hydrogen (secondary N) is 6. The van der Waals surface area contributed by atoms with E-state index in [9.17, 15) is 79.8 Å². The molecule has 34 heteroatoms. The highest BCUT2D eigenvalue weighted by atomic mass is 35.5. The van der Waals surface area contributed by atoms with Crippen LogP contribution in [0.3, 0.4) is 0 Å². The molecule has 32 nitrogen and oxygen atoms in total. The summed E-state index contributed by atoms with van der Waals surface area (Å²) in [5, 5.41) is 126. The highest BCUT2D eigenvalue weighted by Crippen LogP contribution is 2.49. The summed E-state index contributed by atoms with van der Waals surface area (Å²) in [4.78, 5) is 132. The first kappa shape index (κ1) is 72.5. The van der Waals surface area contributed by atoms with Gasteiger partial charge in [0.2, 0.25) is 53.4 Å². The number of hydrogen-bond acceptors (Lipinski definition) is 23. The lowest BCUT2D eigenvalue weighted by molar-refractivity contribution is -0.277. The maximum atomic E-state index is 15.9. The Kier molecular flexibility index (Phi) is 21.5. The van der Waals surface area contributed by atoms with Crippen molar-refractivity contribution in [3.05, 3.63) is 117 Å². The standard InChI is InChI=1S/C64H70Cl2N8O24/c1-23(2)13-34(74(6)63(93)98-64(3,4)5)56(86)72-47-49(80)25-8-11-37(31(65)15-25)94-39-17-27-18-40(54(39)97-62-53(84)52(83)51(82)41(22-75)96-62)95-38-12-9-26(16-32(38)66)50(81)48-60(90)71-46(61(91)92)30-19-28(76)20-36(78)43(30)29-14-24(7-10-35(29)77)44(57(87)73-48)70-58(88)45(27)69-55(85)33(21-42(67)79)68-59(47)89/h7-12,14-20,23,33-34,41,44-53,62,75-78,80-84H,13,21-22H2,1-6H3,(H2,67,79)(H,68,89)(H,69,85)(H,70,88)(H,71,90)(H,72,86)(H,73,87)(H,91,92)/t33-,34+,41+,44+,45+,46-,47+,48-,49+,50+,51+,52-,53+,62-/m0/s1. The topological polar surface area (TPSA) is 504 Å². The smallest absolute Gasteiger partial charge is 0.410 e. The Hall–Kier alpha value is -9.77. The first-order valence-electron chi connectivity index (χ1n) is 30.2. The van der Waals surface area contributed by atoms with E-state index in [4.69, 9.17) is 52.6 Å². The summed E-state index contributed by atoms with van der Waals surface area (Å²) in [5.41, 5.74) is 1.69. The largest absolute Gasteiger partial charge is 0.508 e. The van der Waals surface area contributed by atoms with Gasteiger partial charge in [0.1, 0.15) is 107 Å². The van der Waals surface area contributed by atoms with Gasteiger partial charge in [-0.2, -0.15) is 0 Å². The van der Waals surface area contributed by atoms with E-state index in [1.54, 1.807) is 34.6 Å². The van der Waals surface area contributed by atoms with Gasteiger partial charge in [0.25, 0.3) is 0 Å². The molecule has 11 rings (SSSR count). The number of aliphatic carboxylic acids is 1. The number of aromatic hydroxyl groups is 3. The minimum absolute atomic E-state index is 0.0568. The van der Waals surface area contributed by atoms with Gasteiger partial charge in [-0.3, -0.25) is 38.5 Å². The fraction of sp³-hybridized carbons (Fsp3) is 0.391. The lowest BCUT2D eigenvalue weighted by Crippen LogP contribution is -2.60. The molecule has 0 radical (unpaired) electrons. The monoisotopic (exact) mass is 1400 g/mol. The van der Waals surface area contributed by atoms with Crippen molar-refractivity contribution in [3.63, 3.8) is 0 Å². The van der Waals surface area contributed by atoms with Gasteiger partial charge in [-0.1, -0.05) is 55.2 Å². The Bertz CT molecular complexity index is 4000. The highest BCUT2D eigenvalue weighted by Gasteiger charge is 2.47. The predicted octanol–water partition coefficient (Wildman–Crippen LogP) is 1.52.